The predicted octanol–water partition coefficient (Wildman–Crippen LogP) is 5.31. The highest BCUT2D eigenvalue weighted by Crippen LogP contribution is 2.38. The second-order valence-electron chi connectivity index (χ2n) is 8.13. The lowest BCUT2D eigenvalue weighted by atomic mass is 9.83. The third-order valence-electron chi connectivity index (χ3n) is 5.27. The molecule has 112 valence electrons. The van der Waals surface area contributed by atoms with E-state index in [-0.39, 0.29) is 6.10 Å². The van der Waals surface area contributed by atoms with Gasteiger partial charge in [-0.3, -0.25) is 0 Å². The van der Waals surface area contributed by atoms with E-state index >= 15 is 0 Å². The Hall–Kier alpha value is -0.0831. The van der Waals surface area contributed by atoms with Crippen molar-refractivity contribution in [2.75, 3.05) is 0 Å². The summed E-state index contributed by atoms with van der Waals surface area (Å²) in [6.07, 6.45) is 7.23. The molecule has 19 heavy (non-hydrogen) atoms. The maximum absolute atomic E-state index is 10.4. The molecule has 1 aliphatic carbocycles. The van der Waals surface area contributed by atoms with Crippen molar-refractivity contribution in [3.8, 4) is 0 Å². The van der Waals surface area contributed by atoms with Gasteiger partial charge in [-0.25, -0.2) is 0 Å². The van der Waals surface area contributed by atoms with Crippen molar-refractivity contribution in [1.29, 1.82) is 0 Å². The molecule has 1 saturated carbocycles. The van der Waals surface area contributed by atoms with Crippen LogP contribution in [0, 0.1) is 5.92 Å². The highest BCUT2D eigenvalue weighted by Gasteiger charge is 2.33. The average molecular weight is 283 g/mol. The van der Waals surface area contributed by atoms with E-state index in [2.05, 4.69) is 46.5 Å². The summed E-state index contributed by atoms with van der Waals surface area (Å²) in [5.74, 6) is 0.552. The summed E-state index contributed by atoms with van der Waals surface area (Å²) in [5.41, 5.74) is 3.92. The van der Waals surface area contributed by atoms with Crippen LogP contribution in [0.15, 0.2) is 11.3 Å². The van der Waals surface area contributed by atoms with Crippen LogP contribution in [0.2, 0.25) is 18.1 Å². The van der Waals surface area contributed by atoms with Crippen LogP contribution < -0.4 is 0 Å². The van der Waals surface area contributed by atoms with E-state index in [4.69, 9.17) is 0 Å². The van der Waals surface area contributed by atoms with Crippen LogP contribution in [0.5, 0.6) is 0 Å². The quantitative estimate of drug-likeness (QED) is 0.693. The lowest BCUT2D eigenvalue weighted by Crippen LogP contribution is -2.35. The van der Waals surface area contributed by atoms with Gasteiger partial charge < -0.3 is 5.11 Å². The summed E-state index contributed by atoms with van der Waals surface area (Å²) in [7, 11) is -1.36. The molecule has 0 radical (unpaired) electrons. The molecule has 1 rings (SSSR count). The van der Waals surface area contributed by atoms with Crippen molar-refractivity contribution in [2.45, 2.75) is 90.5 Å². The van der Waals surface area contributed by atoms with Gasteiger partial charge in [-0.2, -0.15) is 0 Å². The Morgan fingerprint density at radius 2 is 1.74 bits per heavy atom. The Bertz CT molecular complexity index is 306. The average Bonchev–Trinajstić information content (AvgIpc) is 2.27. The molecule has 1 atom stereocenters. The molecular formula is C17H34OSi. The van der Waals surface area contributed by atoms with Gasteiger partial charge >= 0.3 is 0 Å². The van der Waals surface area contributed by atoms with E-state index in [1.165, 1.54) is 37.7 Å². The Morgan fingerprint density at radius 3 is 2.21 bits per heavy atom. The fourth-order valence-electron chi connectivity index (χ4n) is 2.91. The molecule has 1 N–H and O–H groups in total. The Balaban J connectivity index is 2.60. The van der Waals surface area contributed by atoms with Gasteiger partial charge in [0.1, 0.15) is 0 Å². The topological polar surface area (TPSA) is 20.2 Å². The Morgan fingerprint density at radius 1 is 1.21 bits per heavy atom. The van der Waals surface area contributed by atoms with Crippen LogP contribution >= 0.6 is 0 Å². The van der Waals surface area contributed by atoms with Crippen LogP contribution in [-0.4, -0.2) is 19.3 Å². The van der Waals surface area contributed by atoms with E-state index in [9.17, 15) is 5.11 Å². The molecule has 1 aliphatic rings. The standard InChI is InChI=1S/C17H34OSi/c1-14(13-19(5,6)17(2,3)4)12-16(18)15-10-8-7-9-11-15/h13,15-16,18H,7-12H2,1-6H3/b14-13+. The second-order valence-corrected chi connectivity index (χ2v) is 13.4. The molecule has 0 aromatic rings. The predicted molar refractivity (Wildman–Crippen MR) is 88.2 cm³/mol. The SMILES string of the molecule is C/C(=C\[Si](C)(C)C(C)(C)C)CC(O)C1CCCCC1. The van der Waals surface area contributed by atoms with Gasteiger partial charge in [0.05, 0.1) is 14.2 Å². The summed E-state index contributed by atoms with van der Waals surface area (Å²) >= 11 is 0. The fraction of sp³-hybridized carbons (Fsp3) is 0.882. The molecule has 0 saturated heterocycles. The maximum atomic E-state index is 10.4. The Kier molecular flexibility index (Phi) is 5.88. The van der Waals surface area contributed by atoms with E-state index < -0.39 is 8.07 Å². The van der Waals surface area contributed by atoms with E-state index in [0.29, 0.717) is 11.0 Å². The molecular weight excluding hydrogens is 248 g/mol. The molecule has 0 spiro atoms. The number of aliphatic hydroxyl groups excluding tert-OH is 1. The largest absolute Gasteiger partial charge is 0.393 e. The van der Waals surface area contributed by atoms with Crippen LogP contribution in [0.3, 0.4) is 0 Å². The first-order valence-electron chi connectivity index (χ1n) is 8.00. The molecule has 1 fully saturated rings. The zero-order valence-electron chi connectivity index (χ0n) is 13.9. The molecule has 0 aliphatic heterocycles. The first-order chi connectivity index (χ1) is 8.63. The van der Waals surface area contributed by atoms with Crippen molar-refractivity contribution < 1.29 is 5.11 Å². The summed E-state index contributed by atoms with van der Waals surface area (Å²) < 4.78 is 0. The lowest BCUT2D eigenvalue weighted by Gasteiger charge is -2.35. The molecule has 0 aromatic heterocycles. The van der Waals surface area contributed by atoms with Gasteiger partial charge in [0.25, 0.3) is 0 Å². The van der Waals surface area contributed by atoms with Crippen molar-refractivity contribution in [3.05, 3.63) is 11.3 Å². The first kappa shape index (κ1) is 17.0. The molecule has 1 unspecified atom stereocenters. The Labute approximate surface area is 121 Å². The van der Waals surface area contributed by atoms with E-state index in [1.54, 1.807) is 0 Å². The summed E-state index contributed by atoms with van der Waals surface area (Å²) in [6.45, 7) is 14.1. The first-order valence-corrected chi connectivity index (χ1v) is 11.1. The van der Waals surface area contributed by atoms with Crippen LogP contribution in [0.1, 0.15) is 66.2 Å². The van der Waals surface area contributed by atoms with Crippen molar-refractivity contribution in [3.63, 3.8) is 0 Å². The minimum absolute atomic E-state index is 0.110. The smallest absolute Gasteiger partial charge is 0.0769 e. The molecule has 0 aromatic carbocycles. The molecule has 0 heterocycles. The van der Waals surface area contributed by atoms with Crippen LogP contribution in [-0.2, 0) is 0 Å². The molecule has 1 nitrogen and oxygen atoms in total. The van der Waals surface area contributed by atoms with Crippen LogP contribution in [0.25, 0.3) is 0 Å². The lowest BCUT2D eigenvalue weighted by molar-refractivity contribution is 0.0851. The van der Waals surface area contributed by atoms with Gasteiger partial charge in [0.2, 0.25) is 0 Å². The maximum Gasteiger partial charge on any atom is 0.0769 e. The number of rotatable bonds is 4. The summed E-state index contributed by atoms with van der Waals surface area (Å²) in [6, 6.07) is 0. The van der Waals surface area contributed by atoms with Gasteiger partial charge in [-0.1, -0.05) is 64.4 Å². The molecule has 0 bridgehead atoms. The number of aliphatic hydroxyl groups is 1. The minimum Gasteiger partial charge on any atom is -0.393 e. The summed E-state index contributed by atoms with van der Waals surface area (Å²) in [5, 5.41) is 10.8. The van der Waals surface area contributed by atoms with Gasteiger partial charge in [0.15, 0.2) is 0 Å². The summed E-state index contributed by atoms with van der Waals surface area (Å²) in [4.78, 5) is 0. The zero-order valence-corrected chi connectivity index (χ0v) is 14.9. The van der Waals surface area contributed by atoms with Gasteiger partial charge in [-0.15, -0.1) is 0 Å². The van der Waals surface area contributed by atoms with Gasteiger partial charge in [-0.05, 0) is 37.1 Å². The van der Waals surface area contributed by atoms with Crippen molar-refractivity contribution in [1.82, 2.24) is 0 Å². The molecule has 2 heteroatoms. The highest BCUT2D eigenvalue weighted by atomic mass is 28.3. The third-order valence-corrected chi connectivity index (χ3v) is 10.3. The van der Waals surface area contributed by atoms with E-state index in [1.807, 2.05) is 0 Å². The van der Waals surface area contributed by atoms with Crippen LogP contribution in [0.4, 0.5) is 0 Å². The zero-order chi connectivity index (χ0) is 14.7. The van der Waals surface area contributed by atoms with Crippen molar-refractivity contribution in [2.24, 2.45) is 5.92 Å². The minimum atomic E-state index is -1.36. The van der Waals surface area contributed by atoms with Crippen molar-refractivity contribution >= 4 is 8.07 Å². The van der Waals surface area contributed by atoms with E-state index in [0.717, 1.165) is 6.42 Å². The highest BCUT2D eigenvalue weighted by molar-refractivity contribution is 6.84. The number of hydrogen-bond donors (Lipinski definition) is 1. The third kappa shape index (κ3) is 5.07. The normalized spacial score (nSPS) is 21.5. The van der Waals surface area contributed by atoms with Gasteiger partial charge in [0, 0.05) is 0 Å². The number of hydrogen-bond acceptors (Lipinski definition) is 1. The molecule has 0 amide bonds. The fourth-order valence-corrected chi connectivity index (χ4v) is 4.69. The second kappa shape index (κ2) is 6.58. The monoisotopic (exact) mass is 282 g/mol.